The van der Waals surface area contributed by atoms with E-state index < -0.39 is 17.1 Å². The van der Waals surface area contributed by atoms with Crippen LogP contribution in [0.1, 0.15) is 28.4 Å². The van der Waals surface area contributed by atoms with Gasteiger partial charge in [-0.1, -0.05) is 60.2 Å². The number of aromatic nitrogens is 1. The average Bonchev–Trinajstić information content (AvgIpc) is 3.57. The lowest BCUT2D eigenvalue weighted by molar-refractivity contribution is -0.115. The number of nitrogens with one attached hydrogen (secondary N) is 3. The second kappa shape index (κ2) is 15.9. The lowest BCUT2D eigenvalue weighted by Gasteiger charge is -2.14. The highest BCUT2D eigenvalue weighted by Crippen LogP contribution is 2.30. The van der Waals surface area contributed by atoms with E-state index in [4.69, 9.17) is 9.47 Å². The Balaban J connectivity index is 1.28. The van der Waals surface area contributed by atoms with E-state index in [1.165, 1.54) is 42.9 Å². The van der Waals surface area contributed by atoms with Crippen LogP contribution in [0.2, 0.25) is 0 Å². The highest BCUT2D eigenvalue weighted by atomic mass is 32.2. The summed E-state index contributed by atoms with van der Waals surface area (Å²) in [7, 11) is 3.06. The van der Waals surface area contributed by atoms with E-state index >= 15 is 0 Å². The Morgan fingerprint density at radius 2 is 1.60 bits per heavy atom. The number of nitrogens with zero attached hydrogens (tertiary/aromatic N) is 1. The van der Waals surface area contributed by atoms with Crippen molar-refractivity contribution in [2.45, 2.75) is 24.0 Å². The van der Waals surface area contributed by atoms with Crippen LogP contribution in [0.15, 0.2) is 113 Å². The quantitative estimate of drug-likeness (QED) is 0.0916. The van der Waals surface area contributed by atoms with Gasteiger partial charge >= 0.3 is 0 Å². The summed E-state index contributed by atoms with van der Waals surface area (Å²) in [5.74, 6) is -0.152. The Bertz CT molecular complexity index is 1940. The third-order valence-corrected chi connectivity index (χ3v) is 8.95. The van der Waals surface area contributed by atoms with Crippen LogP contribution in [0.3, 0.4) is 0 Å². The fourth-order valence-corrected chi connectivity index (χ4v) is 6.20. The number of hydrogen-bond donors (Lipinski definition) is 3. The van der Waals surface area contributed by atoms with E-state index in [2.05, 4.69) is 20.9 Å². The first-order valence-electron chi connectivity index (χ1n) is 14.9. The van der Waals surface area contributed by atoms with E-state index in [9.17, 15) is 14.4 Å². The van der Waals surface area contributed by atoms with Crippen molar-refractivity contribution in [3.05, 3.63) is 125 Å². The SMILES string of the molecule is COc1ccc(/C=C(/NC(=O)c2ccccc2)C(=O)Nc2cccc(SC(C)C(=O)Nc3nc(-c4ccc(C)cc4)cs3)c2)cc1OC. The molecule has 4 aromatic carbocycles. The standard InChI is InChI=1S/C37H34N4O5S2/c1-23-13-16-26(17-14-23)31-22-47-37(40-31)41-34(42)24(2)48-29-12-8-11-28(21-29)38-36(44)30(39-35(43)27-9-6-5-7-10-27)19-25-15-18-32(45-3)33(20-25)46-4/h5-22,24H,1-4H3,(H,38,44)(H,39,43)(H,40,41,42)/b30-19+. The molecule has 0 bridgehead atoms. The molecule has 1 aromatic heterocycles. The van der Waals surface area contributed by atoms with Gasteiger partial charge in [0.15, 0.2) is 16.6 Å². The van der Waals surface area contributed by atoms with Crippen molar-refractivity contribution in [1.82, 2.24) is 10.3 Å². The molecule has 3 N–H and O–H groups in total. The summed E-state index contributed by atoms with van der Waals surface area (Å²) in [5.41, 5.74) is 4.49. The first kappa shape index (κ1) is 34.0. The minimum atomic E-state index is -0.532. The van der Waals surface area contributed by atoms with Gasteiger partial charge in [-0.15, -0.1) is 23.1 Å². The van der Waals surface area contributed by atoms with Gasteiger partial charge in [0.25, 0.3) is 11.8 Å². The molecule has 1 heterocycles. The number of thiazole rings is 1. The van der Waals surface area contributed by atoms with Gasteiger partial charge in [0, 0.05) is 27.1 Å². The molecule has 0 spiro atoms. The number of ether oxygens (including phenoxy) is 2. The van der Waals surface area contributed by atoms with Crippen molar-refractivity contribution < 1.29 is 23.9 Å². The molecule has 0 radical (unpaired) electrons. The predicted octanol–water partition coefficient (Wildman–Crippen LogP) is 7.66. The van der Waals surface area contributed by atoms with E-state index in [0.29, 0.717) is 33.4 Å². The van der Waals surface area contributed by atoms with Crippen molar-refractivity contribution in [2.75, 3.05) is 24.9 Å². The van der Waals surface area contributed by atoms with E-state index in [1.807, 2.05) is 49.6 Å². The lowest BCUT2D eigenvalue weighted by Crippen LogP contribution is -2.30. The monoisotopic (exact) mass is 678 g/mol. The van der Waals surface area contributed by atoms with Crippen LogP contribution in [0, 0.1) is 6.92 Å². The number of aryl methyl sites for hydroxylation is 1. The van der Waals surface area contributed by atoms with Gasteiger partial charge in [0.2, 0.25) is 5.91 Å². The van der Waals surface area contributed by atoms with Crippen LogP contribution >= 0.6 is 23.1 Å². The second-order valence-corrected chi connectivity index (χ2v) is 12.9. The summed E-state index contributed by atoms with van der Waals surface area (Å²) >= 11 is 2.72. The second-order valence-electron chi connectivity index (χ2n) is 10.6. The Hall–Kier alpha value is -5.39. The predicted molar refractivity (Wildman–Crippen MR) is 193 cm³/mol. The molecule has 0 saturated carbocycles. The van der Waals surface area contributed by atoms with Gasteiger partial charge in [-0.25, -0.2) is 4.98 Å². The number of hydrogen-bond acceptors (Lipinski definition) is 8. The Labute approximate surface area is 287 Å². The minimum absolute atomic E-state index is 0.0235. The van der Waals surface area contributed by atoms with E-state index in [0.717, 1.165) is 16.2 Å². The van der Waals surface area contributed by atoms with Crippen molar-refractivity contribution >= 4 is 57.7 Å². The third-order valence-electron chi connectivity index (χ3n) is 7.10. The molecule has 0 aliphatic rings. The van der Waals surface area contributed by atoms with Gasteiger partial charge in [-0.05, 0) is 68.0 Å². The zero-order valence-corrected chi connectivity index (χ0v) is 28.4. The van der Waals surface area contributed by atoms with Gasteiger partial charge in [0.1, 0.15) is 5.70 Å². The summed E-state index contributed by atoms with van der Waals surface area (Å²) < 4.78 is 10.7. The highest BCUT2D eigenvalue weighted by Gasteiger charge is 2.19. The van der Waals surface area contributed by atoms with Crippen LogP contribution in [0.5, 0.6) is 11.5 Å². The van der Waals surface area contributed by atoms with Crippen LogP contribution < -0.4 is 25.4 Å². The van der Waals surface area contributed by atoms with Gasteiger partial charge in [-0.2, -0.15) is 0 Å². The molecule has 244 valence electrons. The maximum Gasteiger partial charge on any atom is 0.272 e. The molecular weight excluding hydrogens is 645 g/mol. The van der Waals surface area contributed by atoms with Crippen molar-refractivity contribution in [3.8, 4) is 22.8 Å². The number of carbonyl (C=O) groups is 3. The van der Waals surface area contributed by atoms with Crippen LogP contribution in [0.4, 0.5) is 10.8 Å². The molecular formula is C37H34N4O5S2. The third kappa shape index (κ3) is 8.90. The van der Waals surface area contributed by atoms with Gasteiger partial charge in [0.05, 0.1) is 25.2 Å². The molecule has 9 nitrogen and oxygen atoms in total. The number of thioether (sulfide) groups is 1. The number of rotatable bonds is 12. The average molecular weight is 679 g/mol. The molecule has 11 heteroatoms. The minimum Gasteiger partial charge on any atom is -0.493 e. The number of carbonyl (C=O) groups excluding carboxylic acids is 3. The Morgan fingerprint density at radius 3 is 2.33 bits per heavy atom. The lowest BCUT2D eigenvalue weighted by atomic mass is 10.1. The fraction of sp³-hybridized carbons (Fsp3) is 0.135. The Morgan fingerprint density at radius 1 is 0.854 bits per heavy atom. The van der Waals surface area contributed by atoms with Crippen molar-refractivity contribution in [2.24, 2.45) is 0 Å². The Kier molecular flexibility index (Phi) is 11.3. The zero-order valence-electron chi connectivity index (χ0n) is 26.8. The molecule has 0 fully saturated rings. The van der Waals surface area contributed by atoms with Crippen molar-refractivity contribution in [1.29, 1.82) is 0 Å². The van der Waals surface area contributed by atoms with E-state index in [-0.39, 0.29) is 11.6 Å². The smallest absolute Gasteiger partial charge is 0.272 e. The molecule has 0 aliphatic heterocycles. The molecule has 1 unspecified atom stereocenters. The molecule has 1 atom stereocenters. The van der Waals surface area contributed by atoms with Crippen LogP contribution in [0.25, 0.3) is 17.3 Å². The molecule has 5 rings (SSSR count). The van der Waals surface area contributed by atoms with E-state index in [1.54, 1.807) is 72.8 Å². The first-order chi connectivity index (χ1) is 23.2. The normalized spacial score (nSPS) is 11.7. The zero-order chi connectivity index (χ0) is 34.0. The topological polar surface area (TPSA) is 119 Å². The molecule has 0 aliphatic carbocycles. The summed E-state index contributed by atoms with van der Waals surface area (Å²) in [6.45, 7) is 3.84. The van der Waals surface area contributed by atoms with Crippen LogP contribution in [-0.4, -0.2) is 42.2 Å². The summed E-state index contributed by atoms with van der Waals surface area (Å²) in [6.07, 6.45) is 1.56. The number of methoxy groups -OCH3 is 2. The number of benzene rings is 4. The van der Waals surface area contributed by atoms with Crippen LogP contribution in [-0.2, 0) is 9.59 Å². The molecule has 0 saturated heterocycles. The van der Waals surface area contributed by atoms with Gasteiger partial charge in [-0.3, -0.25) is 14.4 Å². The largest absolute Gasteiger partial charge is 0.493 e. The fourth-order valence-electron chi connectivity index (χ4n) is 4.55. The summed E-state index contributed by atoms with van der Waals surface area (Å²) in [6, 6.07) is 29.0. The van der Waals surface area contributed by atoms with Gasteiger partial charge < -0.3 is 25.4 Å². The molecule has 48 heavy (non-hydrogen) atoms. The maximum atomic E-state index is 13.6. The first-order valence-corrected chi connectivity index (χ1v) is 16.7. The number of anilines is 2. The maximum absolute atomic E-state index is 13.6. The summed E-state index contributed by atoms with van der Waals surface area (Å²) in [5, 5.41) is 10.5. The number of amides is 3. The van der Waals surface area contributed by atoms with Crippen molar-refractivity contribution in [3.63, 3.8) is 0 Å². The highest BCUT2D eigenvalue weighted by molar-refractivity contribution is 8.00. The molecule has 5 aromatic rings. The summed E-state index contributed by atoms with van der Waals surface area (Å²) in [4.78, 5) is 45.0. The molecule has 3 amide bonds.